The zero-order valence-electron chi connectivity index (χ0n) is 21.7. The van der Waals surface area contributed by atoms with Gasteiger partial charge in [0.2, 0.25) is 11.5 Å². The molecule has 1 aliphatic rings. The summed E-state index contributed by atoms with van der Waals surface area (Å²) in [6, 6.07) is 5.20. The van der Waals surface area contributed by atoms with Gasteiger partial charge in [0, 0.05) is 12.1 Å². The minimum atomic E-state index is -0.218. The highest BCUT2D eigenvalue weighted by Crippen LogP contribution is 2.44. The minimum absolute atomic E-state index is 0.150. The summed E-state index contributed by atoms with van der Waals surface area (Å²) in [6.07, 6.45) is 5.98. The van der Waals surface area contributed by atoms with E-state index in [1.54, 1.807) is 31.4 Å². The molecule has 1 heterocycles. The van der Waals surface area contributed by atoms with Gasteiger partial charge in [-0.3, -0.25) is 9.69 Å². The fraction of sp³-hybridized carbons (Fsp3) is 0.464. The van der Waals surface area contributed by atoms with Crippen molar-refractivity contribution in [2.75, 3.05) is 34.4 Å². The van der Waals surface area contributed by atoms with Crippen LogP contribution >= 0.6 is 0 Å². The van der Waals surface area contributed by atoms with Crippen molar-refractivity contribution in [3.8, 4) is 28.7 Å². The topological polar surface area (TPSA) is 77.5 Å². The van der Waals surface area contributed by atoms with Crippen LogP contribution in [0.15, 0.2) is 24.0 Å². The van der Waals surface area contributed by atoms with Gasteiger partial charge in [0.1, 0.15) is 11.5 Å². The number of hydrogen-bond donors (Lipinski definition) is 1. The lowest BCUT2D eigenvalue weighted by Gasteiger charge is -2.23. The van der Waals surface area contributed by atoms with Crippen molar-refractivity contribution < 1.29 is 28.8 Å². The lowest BCUT2D eigenvalue weighted by atomic mass is 9.99. The van der Waals surface area contributed by atoms with Crippen LogP contribution in [0.3, 0.4) is 0 Å². The number of ether oxygens (including phenoxy) is 4. The highest BCUT2D eigenvalue weighted by atomic mass is 16.5. The number of carbonyl (C=O) groups excluding carboxylic acids is 1. The van der Waals surface area contributed by atoms with E-state index < -0.39 is 0 Å². The van der Waals surface area contributed by atoms with Crippen molar-refractivity contribution in [2.24, 2.45) is 0 Å². The Morgan fingerprint density at radius 1 is 1.00 bits per heavy atom. The van der Waals surface area contributed by atoms with E-state index in [-0.39, 0.29) is 17.3 Å². The minimum Gasteiger partial charge on any atom is -0.507 e. The van der Waals surface area contributed by atoms with Crippen LogP contribution < -0.4 is 18.9 Å². The molecule has 0 aromatic heterocycles. The van der Waals surface area contributed by atoms with Crippen LogP contribution in [0.4, 0.5) is 0 Å². The van der Waals surface area contributed by atoms with Gasteiger partial charge < -0.3 is 24.1 Å². The van der Waals surface area contributed by atoms with Crippen molar-refractivity contribution in [3.63, 3.8) is 0 Å². The van der Waals surface area contributed by atoms with Gasteiger partial charge in [-0.1, -0.05) is 26.7 Å². The Morgan fingerprint density at radius 2 is 1.66 bits per heavy atom. The van der Waals surface area contributed by atoms with Crippen LogP contribution in [-0.4, -0.2) is 50.2 Å². The van der Waals surface area contributed by atoms with Crippen molar-refractivity contribution in [2.45, 2.75) is 53.0 Å². The fourth-order valence-corrected chi connectivity index (χ4v) is 4.37. The molecule has 0 unspecified atom stereocenters. The average Bonchev–Trinajstić information content (AvgIpc) is 3.18. The van der Waals surface area contributed by atoms with E-state index in [0.717, 1.165) is 38.8 Å². The van der Waals surface area contributed by atoms with E-state index in [1.165, 1.54) is 14.2 Å². The summed E-state index contributed by atoms with van der Waals surface area (Å²) in [7, 11) is 4.62. The maximum atomic E-state index is 13.4. The van der Waals surface area contributed by atoms with Crippen LogP contribution in [0.2, 0.25) is 0 Å². The third-order valence-electron chi connectivity index (χ3n) is 6.28. The molecule has 0 spiro atoms. The number of hydrogen-bond acceptors (Lipinski definition) is 7. The maximum Gasteiger partial charge on any atom is 0.232 e. The van der Waals surface area contributed by atoms with Crippen LogP contribution in [0.25, 0.3) is 6.08 Å². The standard InChI is InChI=1S/C28H37NO6/c1-7-9-13-29(14-10-8-2)17-20-21(30)15-18(3)24-25(31)23(35-27(20)24)16-19-11-12-22(32-4)28(34-6)26(19)33-5/h11-12,15-16,30H,7-10,13-14,17H2,1-6H3/b23-16+. The highest BCUT2D eigenvalue weighted by Gasteiger charge is 2.34. The van der Waals surface area contributed by atoms with Crippen LogP contribution in [-0.2, 0) is 6.54 Å². The quantitative estimate of drug-likeness (QED) is 0.386. The maximum absolute atomic E-state index is 13.4. The zero-order chi connectivity index (χ0) is 25.5. The normalized spacial score (nSPS) is 13.8. The summed E-state index contributed by atoms with van der Waals surface area (Å²) in [6.45, 7) is 8.53. The Balaban J connectivity index is 2.02. The summed E-state index contributed by atoms with van der Waals surface area (Å²) in [5, 5.41) is 10.8. The van der Waals surface area contributed by atoms with E-state index in [2.05, 4.69) is 18.7 Å². The third-order valence-corrected chi connectivity index (χ3v) is 6.28. The molecule has 0 amide bonds. The first-order valence-electron chi connectivity index (χ1n) is 12.2. The van der Waals surface area contributed by atoms with Crippen LogP contribution in [0, 0.1) is 6.92 Å². The molecule has 1 aliphatic heterocycles. The predicted octanol–water partition coefficient (Wildman–Crippen LogP) is 5.74. The molecule has 0 saturated carbocycles. The lowest BCUT2D eigenvalue weighted by Crippen LogP contribution is -2.26. The van der Waals surface area contributed by atoms with Crippen molar-refractivity contribution in [3.05, 3.63) is 46.2 Å². The molecule has 7 heteroatoms. The Labute approximate surface area is 208 Å². The molecule has 0 fully saturated rings. The molecular formula is C28H37NO6. The molecule has 7 nitrogen and oxygen atoms in total. The average molecular weight is 484 g/mol. The second-order valence-electron chi connectivity index (χ2n) is 8.74. The number of allylic oxidation sites excluding steroid dienone is 1. The Kier molecular flexibility index (Phi) is 9.04. The van der Waals surface area contributed by atoms with E-state index in [9.17, 15) is 9.90 Å². The van der Waals surface area contributed by atoms with Gasteiger partial charge in [0.05, 0.1) is 32.5 Å². The van der Waals surface area contributed by atoms with Gasteiger partial charge in [-0.25, -0.2) is 0 Å². The van der Waals surface area contributed by atoms with Crippen molar-refractivity contribution in [1.29, 1.82) is 0 Å². The third kappa shape index (κ3) is 5.56. The Bertz CT molecular complexity index is 1080. The van der Waals surface area contributed by atoms with Crippen LogP contribution in [0.1, 0.15) is 66.6 Å². The molecule has 0 atom stereocenters. The fourth-order valence-electron chi connectivity index (χ4n) is 4.37. The highest BCUT2D eigenvalue weighted by molar-refractivity contribution is 6.16. The largest absolute Gasteiger partial charge is 0.507 e. The summed E-state index contributed by atoms with van der Waals surface area (Å²) in [4.78, 5) is 15.7. The first-order valence-corrected chi connectivity index (χ1v) is 12.2. The molecule has 190 valence electrons. The smallest absolute Gasteiger partial charge is 0.232 e. The molecule has 0 aliphatic carbocycles. The zero-order valence-corrected chi connectivity index (χ0v) is 21.7. The summed E-state index contributed by atoms with van der Waals surface area (Å²) in [5.74, 6) is 1.95. The number of nitrogens with zero attached hydrogens (tertiary/aromatic N) is 1. The molecule has 35 heavy (non-hydrogen) atoms. The molecule has 0 bridgehead atoms. The monoisotopic (exact) mass is 483 g/mol. The van der Waals surface area contributed by atoms with Gasteiger partial charge >= 0.3 is 0 Å². The van der Waals surface area contributed by atoms with Gasteiger partial charge in [-0.15, -0.1) is 0 Å². The van der Waals surface area contributed by atoms with E-state index >= 15 is 0 Å². The van der Waals surface area contributed by atoms with Crippen molar-refractivity contribution >= 4 is 11.9 Å². The van der Waals surface area contributed by atoms with Gasteiger partial charge in [0.25, 0.3) is 0 Å². The first-order chi connectivity index (χ1) is 16.9. The number of rotatable bonds is 12. The molecular weight excluding hydrogens is 446 g/mol. The van der Waals surface area contributed by atoms with Gasteiger partial charge in [-0.2, -0.15) is 0 Å². The van der Waals surface area contributed by atoms with Gasteiger partial charge in [-0.05, 0) is 62.7 Å². The first kappa shape index (κ1) is 26.4. The number of Topliss-reactive ketones (excluding diaryl/α,β-unsaturated/α-hetero) is 1. The summed E-state index contributed by atoms with van der Waals surface area (Å²) < 4.78 is 22.5. The number of aromatic hydroxyl groups is 1. The van der Waals surface area contributed by atoms with Crippen molar-refractivity contribution in [1.82, 2.24) is 4.90 Å². The summed E-state index contributed by atoms with van der Waals surface area (Å²) >= 11 is 0. The Hall–Kier alpha value is -3.19. The van der Waals surface area contributed by atoms with Crippen LogP contribution in [0.5, 0.6) is 28.7 Å². The van der Waals surface area contributed by atoms with E-state index in [0.29, 0.717) is 51.8 Å². The lowest BCUT2D eigenvalue weighted by molar-refractivity contribution is 0.101. The number of ketones is 1. The molecule has 2 aromatic rings. The Morgan fingerprint density at radius 3 is 2.23 bits per heavy atom. The number of methoxy groups -OCH3 is 3. The molecule has 2 aromatic carbocycles. The number of phenols is 1. The molecule has 3 rings (SSSR count). The number of unbranched alkanes of at least 4 members (excludes halogenated alkanes) is 2. The van der Waals surface area contributed by atoms with E-state index in [4.69, 9.17) is 18.9 Å². The number of fused-ring (bicyclic) bond motifs is 1. The SMILES string of the molecule is CCCCN(CCCC)Cc1c(O)cc(C)c2c1O/C(=C/c1ccc(OC)c(OC)c1OC)C2=O. The number of carbonyl (C=O) groups is 1. The van der Waals surface area contributed by atoms with Gasteiger partial charge in [0.15, 0.2) is 17.3 Å². The predicted molar refractivity (Wildman–Crippen MR) is 137 cm³/mol. The summed E-state index contributed by atoms with van der Waals surface area (Å²) in [5.41, 5.74) is 2.45. The van der Waals surface area contributed by atoms with E-state index in [1.807, 2.05) is 6.92 Å². The molecule has 1 N–H and O–H groups in total. The second kappa shape index (κ2) is 12.0. The number of aryl methyl sites for hydroxylation is 1. The number of benzene rings is 2. The molecule has 0 radical (unpaired) electrons. The number of phenolic OH excluding ortho intramolecular Hbond substituents is 1. The molecule has 0 saturated heterocycles. The second-order valence-corrected chi connectivity index (χ2v) is 8.74.